The summed E-state index contributed by atoms with van der Waals surface area (Å²) >= 11 is 0. The summed E-state index contributed by atoms with van der Waals surface area (Å²) in [5.41, 5.74) is 1.17. The molecule has 3 unspecified atom stereocenters. The van der Waals surface area contributed by atoms with Gasteiger partial charge in [0.05, 0.1) is 30.9 Å². The van der Waals surface area contributed by atoms with Crippen molar-refractivity contribution in [2.45, 2.75) is 70.9 Å². The number of nitrogens with zero attached hydrogens (tertiary/aromatic N) is 1. The van der Waals surface area contributed by atoms with Gasteiger partial charge in [0.15, 0.2) is 5.96 Å². The second kappa shape index (κ2) is 7.88. The first-order valence-electron chi connectivity index (χ1n) is 9.10. The Morgan fingerprint density at radius 2 is 2.08 bits per heavy atom. The summed E-state index contributed by atoms with van der Waals surface area (Å²) in [6.45, 7) is 7.66. The third-order valence-electron chi connectivity index (χ3n) is 4.49. The normalized spacial score (nSPS) is 26.0. The fourth-order valence-corrected chi connectivity index (χ4v) is 3.40. The molecule has 0 radical (unpaired) electrons. The maximum Gasteiger partial charge on any atom is 0.191 e. The number of nitrogens with one attached hydrogen (secondary N) is 2. The number of fused-ring (bicyclic) bond motifs is 2. The number of hydrogen-bond acceptors (Lipinski definition) is 3. The largest absolute Gasteiger partial charge is 0.491 e. The number of rotatable bonds is 6. The topological polar surface area (TPSA) is 54.9 Å². The molecule has 24 heavy (non-hydrogen) atoms. The molecular formula is C19H29N3O2. The molecule has 2 saturated heterocycles. The van der Waals surface area contributed by atoms with Crippen LogP contribution in [0.25, 0.3) is 0 Å². The van der Waals surface area contributed by atoms with Crippen molar-refractivity contribution in [2.75, 3.05) is 6.54 Å². The standard InChI is InChI=1S/C19H29N3O2/c1-4-20-19(22-17-11-16-9-10-18(17)24-16)21-12-14-5-7-15(8-6-14)23-13(2)3/h5-8,13,16-18H,4,9-12H2,1-3H3,(H2,20,21,22). The monoisotopic (exact) mass is 331 g/mol. The Bertz CT molecular complexity index is 556. The van der Waals surface area contributed by atoms with E-state index in [0.717, 1.165) is 24.7 Å². The highest BCUT2D eigenvalue weighted by atomic mass is 16.5. The Labute approximate surface area is 144 Å². The average Bonchev–Trinajstić information content (AvgIpc) is 3.16. The lowest BCUT2D eigenvalue weighted by atomic mass is 9.96. The van der Waals surface area contributed by atoms with Crippen molar-refractivity contribution in [3.63, 3.8) is 0 Å². The predicted molar refractivity (Wildman–Crippen MR) is 96.5 cm³/mol. The van der Waals surface area contributed by atoms with Gasteiger partial charge in [0, 0.05) is 6.54 Å². The SMILES string of the molecule is CCNC(=NCc1ccc(OC(C)C)cc1)NC1CC2CCC1O2. The summed E-state index contributed by atoms with van der Waals surface area (Å²) in [5.74, 6) is 1.78. The van der Waals surface area contributed by atoms with Gasteiger partial charge in [-0.3, -0.25) is 0 Å². The van der Waals surface area contributed by atoms with E-state index in [1.165, 1.54) is 18.4 Å². The zero-order valence-corrected chi connectivity index (χ0v) is 14.9. The second-order valence-corrected chi connectivity index (χ2v) is 6.87. The molecule has 3 rings (SSSR count). The minimum atomic E-state index is 0.197. The van der Waals surface area contributed by atoms with Crippen LogP contribution in [0.2, 0.25) is 0 Å². The van der Waals surface area contributed by atoms with E-state index in [0.29, 0.717) is 24.8 Å². The summed E-state index contributed by atoms with van der Waals surface area (Å²) in [7, 11) is 0. The molecule has 2 fully saturated rings. The molecule has 2 aliphatic rings. The first-order valence-corrected chi connectivity index (χ1v) is 9.10. The van der Waals surface area contributed by atoms with E-state index in [2.05, 4.69) is 29.7 Å². The van der Waals surface area contributed by atoms with Crippen LogP contribution in [-0.2, 0) is 11.3 Å². The lowest BCUT2D eigenvalue weighted by Gasteiger charge is -2.22. The van der Waals surface area contributed by atoms with E-state index in [9.17, 15) is 0 Å². The fourth-order valence-electron chi connectivity index (χ4n) is 3.40. The summed E-state index contributed by atoms with van der Waals surface area (Å²) in [5, 5.41) is 6.88. The van der Waals surface area contributed by atoms with Gasteiger partial charge in [-0.25, -0.2) is 4.99 Å². The third kappa shape index (κ3) is 4.41. The van der Waals surface area contributed by atoms with E-state index in [-0.39, 0.29) is 6.10 Å². The Hall–Kier alpha value is -1.75. The summed E-state index contributed by atoms with van der Waals surface area (Å²) < 4.78 is 11.6. The predicted octanol–water partition coefficient (Wildman–Crippen LogP) is 2.85. The van der Waals surface area contributed by atoms with Crippen molar-refractivity contribution in [1.82, 2.24) is 10.6 Å². The molecule has 0 aromatic heterocycles. The minimum Gasteiger partial charge on any atom is -0.491 e. The number of guanidine groups is 1. The van der Waals surface area contributed by atoms with Crippen molar-refractivity contribution in [3.8, 4) is 5.75 Å². The maximum absolute atomic E-state index is 5.91. The number of ether oxygens (including phenoxy) is 2. The molecule has 1 aromatic rings. The first-order chi connectivity index (χ1) is 11.6. The van der Waals surface area contributed by atoms with Crippen LogP contribution in [0.4, 0.5) is 0 Å². The Balaban J connectivity index is 1.57. The summed E-state index contributed by atoms with van der Waals surface area (Å²) in [6.07, 6.45) is 4.47. The number of hydrogen-bond donors (Lipinski definition) is 2. The maximum atomic E-state index is 5.91. The smallest absolute Gasteiger partial charge is 0.191 e. The highest BCUT2D eigenvalue weighted by Gasteiger charge is 2.41. The lowest BCUT2D eigenvalue weighted by Crippen LogP contribution is -2.47. The van der Waals surface area contributed by atoms with E-state index in [1.807, 2.05) is 26.0 Å². The molecule has 0 saturated carbocycles. The van der Waals surface area contributed by atoms with Crippen molar-refractivity contribution < 1.29 is 9.47 Å². The quantitative estimate of drug-likeness (QED) is 0.622. The summed E-state index contributed by atoms with van der Waals surface area (Å²) in [4.78, 5) is 4.72. The van der Waals surface area contributed by atoms with Gasteiger partial charge >= 0.3 is 0 Å². The number of aliphatic imine (C=N–C) groups is 1. The highest BCUT2D eigenvalue weighted by molar-refractivity contribution is 5.80. The van der Waals surface area contributed by atoms with Gasteiger partial charge in [0.2, 0.25) is 0 Å². The van der Waals surface area contributed by atoms with Gasteiger partial charge in [0.1, 0.15) is 5.75 Å². The third-order valence-corrected chi connectivity index (χ3v) is 4.49. The molecule has 5 heteroatoms. The van der Waals surface area contributed by atoms with Crippen molar-refractivity contribution in [2.24, 2.45) is 4.99 Å². The van der Waals surface area contributed by atoms with Crippen LogP contribution in [-0.4, -0.2) is 36.9 Å². The van der Waals surface area contributed by atoms with Crippen LogP contribution < -0.4 is 15.4 Å². The average molecular weight is 331 g/mol. The molecule has 2 heterocycles. The summed E-state index contributed by atoms with van der Waals surface area (Å²) in [6, 6.07) is 8.56. The van der Waals surface area contributed by atoms with Gasteiger partial charge in [0.25, 0.3) is 0 Å². The zero-order valence-electron chi connectivity index (χ0n) is 14.9. The first kappa shape index (κ1) is 17.1. The van der Waals surface area contributed by atoms with E-state index in [4.69, 9.17) is 14.5 Å². The Kier molecular flexibility index (Phi) is 5.61. The van der Waals surface area contributed by atoms with Crippen molar-refractivity contribution in [1.29, 1.82) is 0 Å². The van der Waals surface area contributed by atoms with Crippen LogP contribution in [0, 0.1) is 0 Å². The fraction of sp³-hybridized carbons (Fsp3) is 0.632. The molecule has 2 N–H and O–H groups in total. The molecule has 5 nitrogen and oxygen atoms in total. The second-order valence-electron chi connectivity index (χ2n) is 6.87. The highest BCUT2D eigenvalue weighted by Crippen LogP contribution is 2.34. The van der Waals surface area contributed by atoms with Crippen LogP contribution in [0.1, 0.15) is 45.6 Å². The lowest BCUT2D eigenvalue weighted by molar-refractivity contribution is 0.0992. The van der Waals surface area contributed by atoms with Crippen LogP contribution in [0.15, 0.2) is 29.3 Å². The van der Waals surface area contributed by atoms with E-state index >= 15 is 0 Å². The van der Waals surface area contributed by atoms with Gasteiger partial charge in [-0.05, 0) is 57.7 Å². The van der Waals surface area contributed by atoms with Gasteiger partial charge < -0.3 is 20.1 Å². The van der Waals surface area contributed by atoms with Crippen LogP contribution >= 0.6 is 0 Å². The Morgan fingerprint density at radius 1 is 1.29 bits per heavy atom. The molecule has 0 amide bonds. The van der Waals surface area contributed by atoms with Crippen LogP contribution in [0.5, 0.6) is 5.75 Å². The van der Waals surface area contributed by atoms with E-state index in [1.54, 1.807) is 0 Å². The number of benzene rings is 1. The van der Waals surface area contributed by atoms with Crippen molar-refractivity contribution in [3.05, 3.63) is 29.8 Å². The van der Waals surface area contributed by atoms with E-state index < -0.39 is 0 Å². The zero-order chi connectivity index (χ0) is 16.9. The molecular weight excluding hydrogens is 302 g/mol. The molecule has 2 bridgehead atoms. The molecule has 0 aliphatic carbocycles. The van der Waals surface area contributed by atoms with Crippen molar-refractivity contribution >= 4 is 5.96 Å². The van der Waals surface area contributed by atoms with Crippen LogP contribution in [0.3, 0.4) is 0 Å². The minimum absolute atomic E-state index is 0.197. The molecule has 132 valence electrons. The van der Waals surface area contributed by atoms with Gasteiger partial charge in [-0.15, -0.1) is 0 Å². The molecule has 1 aromatic carbocycles. The molecule has 3 atom stereocenters. The van der Waals surface area contributed by atoms with Gasteiger partial charge in [-0.1, -0.05) is 12.1 Å². The Morgan fingerprint density at radius 3 is 2.67 bits per heavy atom. The molecule has 2 aliphatic heterocycles. The van der Waals surface area contributed by atoms with Gasteiger partial charge in [-0.2, -0.15) is 0 Å². The molecule has 0 spiro atoms.